The molecule has 0 aliphatic heterocycles. The van der Waals surface area contributed by atoms with E-state index >= 15 is 0 Å². The van der Waals surface area contributed by atoms with Crippen LogP contribution in [0.3, 0.4) is 0 Å². The zero-order chi connectivity index (χ0) is 17.9. The van der Waals surface area contributed by atoms with Gasteiger partial charge in [0.1, 0.15) is 12.4 Å². The molecule has 1 amide bonds. The molecule has 0 saturated heterocycles. The Labute approximate surface area is 151 Å². The monoisotopic (exact) mass is 391 g/mol. The molecule has 0 saturated carbocycles. The van der Waals surface area contributed by atoms with Gasteiger partial charge in [0.05, 0.1) is 5.69 Å². The normalized spacial score (nSPS) is 10.6. The predicted molar refractivity (Wildman–Crippen MR) is 98.7 cm³/mol. The van der Waals surface area contributed by atoms with Crippen LogP contribution < -0.4 is 9.80 Å². The Balaban J connectivity index is 2.30. The Kier molecular flexibility index (Phi) is 6.02. The fourth-order valence-electron chi connectivity index (χ4n) is 2.41. The van der Waals surface area contributed by atoms with Gasteiger partial charge in [0, 0.05) is 16.5 Å². The molecule has 0 aliphatic carbocycles. The Hall–Kier alpha value is -1.85. The minimum absolute atomic E-state index is 0.222. The number of carbonyl (C=O) groups excluding carboxylic acids is 1. The lowest BCUT2D eigenvalue weighted by atomic mass is 10.1. The van der Waals surface area contributed by atoms with Crippen LogP contribution in [0, 0.1) is 20.8 Å². The van der Waals surface area contributed by atoms with Gasteiger partial charge in [0.2, 0.25) is 5.91 Å². The summed E-state index contributed by atoms with van der Waals surface area (Å²) in [7, 11) is 0. The summed E-state index contributed by atoms with van der Waals surface area (Å²) in [4.78, 5) is 11.8. The Morgan fingerprint density at radius 1 is 1.17 bits per heavy atom. The van der Waals surface area contributed by atoms with E-state index in [-0.39, 0.29) is 18.9 Å². The van der Waals surface area contributed by atoms with Crippen LogP contribution in [0.5, 0.6) is 5.75 Å². The molecule has 5 heteroatoms. The summed E-state index contributed by atoms with van der Waals surface area (Å²) in [5, 5.41) is 10.8. The molecule has 128 valence electrons. The average molecular weight is 392 g/mol. The first kappa shape index (κ1) is 18.5. The van der Waals surface area contributed by atoms with Crippen LogP contribution >= 0.6 is 15.9 Å². The number of nitrogens with zero attached hydrogens (tertiary/aromatic N) is 1. The number of hydrogen-bond donors (Lipinski definition) is 1. The molecule has 0 unspecified atom stereocenters. The molecule has 2 rings (SSSR count). The maximum Gasteiger partial charge on any atom is 0.250 e. The fraction of sp³-hybridized carbons (Fsp3) is 0.316. The van der Waals surface area contributed by atoms with Crippen molar-refractivity contribution in [1.82, 2.24) is 0 Å². The number of aryl methyl sites for hydroxylation is 3. The lowest BCUT2D eigenvalue weighted by Gasteiger charge is -2.20. The summed E-state index contributed by atoms with van der Waals surface area (Å²) in [6, 6.07) is 9.43. The zero-order valence-corrected chi connectivity index (χ0v) is 16.0. The van der Waals surface area contributed by atoms with E-state index in [0.29, 0.717) is 10.8 Å². The lowest BCUT2D eigenvalue weighted by Crippen LogP contribution is -2.27. The smallest absolute Gasteiger partial charge is 0.250 e. The van der Waals surface area contributed by atoms with Gasteiger partial charge in [-0.25, -0.2) is 0 Å². The quantitative estimate of drug-likeness (QED) is 0.570. The van der Waals surface area contributed by atoms with Crippen molar-refractivity contribution in [2.75, 3.05) is 5.06 Å². The molecule has 4 nitrogen and oxygen atoms in total. The molecule has 0 atom stereocenters. The second-order valence-electron chi connectivity index (χ2n) is 5.79. The summed E-state index contributed by atoms with van der Waals surface area (Å²) in [5.74, 6) is 0.433. The molecule has 0 radical (unpaired) electrons. The SMILES string of the molecule is CCC(=O)N(O)c1cccc(Br)c1COc1cc(C)c(C)cc1C. The number of amides is 1. The van der Waals surface area contributed by atoms with Gasteiger partial charge < -0.3 is 4.74 Å². The number of ether oxygens (including phenoxy) is 1. The van der Waals surface area contributed by atoms with Gasteiger partial charge in [0.15, 0.2) is 0 Å². The van der Waals surface area contributed by atoms with Gasteiger partial charge in [-0.15, -0.1) is 0 Å². The van der Waals surface area contributed by atoms with E-state index in [1.54, 1.807) is 19.1 Å². The molecule has 0 bridgehead atoms. The van der Waals surface area contributed by atoms with Gasteiger partial charge in [-0.3, -0.25) is 10.0 Å². The Bertz CT molecular complexity index is 759. The van der Waals surface area contributed by atoms with Gasteiger partial charge in [-0.1, -0.05) is 35.0 Å². The highest BCUT2D eigenvalue weighted by Gasteiger charge is 2.18. The average Bonchev–Trinajstić information content (AvgIpc) is 2.56. The molecule has 0 aliphatic rings. The molecule has 0 aromatic heterocycles. The van der Waals surface area contributed by atoms with Crippen molar-refractivity contribution in [3.05, 3.63) is 57.1 Å². The number of anilines is 1. The van der Waals surface area contributed by atoms with Crippen molar-refractivity contribution in [2.24, 2.45) is 0 Å². The Morgan fingerprint density at radius 2 is 1.83 bits per heavy atom. The van der Waals surface area contributed by atoms with Crippen LogP contribution in [0.4, 0.5) is 5.69 Å². The first-order valence-electron chi connectivity index (χ1n) is 7.85. The van der Waals surface area contributed by atoms with E-state index in [1.807, 2.05) is 26.0 Å². The van der Waals surface area contributed by atoms with Crippen molar-refractivity contribution in [2.45, 2.75) is 40.7 Å². The summed E-state index contributed by atoms with van der Waals surface area (Å²) in [6.45, 7) is 8.06. The summed E-state index contributed by atoms with van der Waals surface area (Å²) in [6.07, 6.45) is 0.222. The Morgan fingerprint density at radius 3 is 2.50 bits per heavy atom. The van der Waals surface area contributed by atoms with Gasteiger partial charge >= 0.3 is 0 Å². The maximum absolute atomic E-state index is 11.8. The first-order valence-corrected chi connectivity index (χ1v) is 8.64. The standard InChI is InChI=1S/C19H22BrNO3/c1-5-19(22)21(23)17-8-6-7-16(20)15(17)11-24-18-10-13(3)12(2)9-14(18)4/h6-10,23H,5,11H2,1-4H3. The van der Waals surface area contributed by atoms with Crippen LogP contribution in [-0.4, -0.2) is 11.1 Å². The summed E-state index contributed by atoms with van der Waals surface area (Å²) < 4.78 is 6.75. The van der Waals surface area contributed by atoms with Crippen molar-refractivity contribution in [1.29, 1.82) is 0 Å². The number of hydroxylamine groups is 1. The van der Waals surface area contributed by atoms with Gasteiger partial charge in [-0.2, -0.15) is 5.06 Å². The zero-order valence-electron chi connectivity index (χ0n) is 14.4. The van der Waals surface area contributed by atoms with E-state index < -0.39 is 0 Å². The largest absolute Gasteiger partial charge is 0.489 e. The summed E-state index contributed by atoms with van der Waals surface area (Å²) >= 11 is 3.48. The number of halogens is 1. The third kappa shape index (κ3) is 3.97. The minimum Gasteiger partial charge on any atom is -0.489 e. The van der Waals surface area contributed by atoms with E-state index in [2.05, 4.69) is 28.9 Å². The fourth-order valence-corrected chi connectivity index (χ4v) is 2.88. The van der Waals surface area contributed by atoms with Crippen LogP contribution in [-0.2, 0) is 11.4 Å². The molecule has 2 aromatic rings. The second-order valence-corrected chi connectivity index (χ2v) is 6.64. The van der Waals surface area contributed by atoms with Crippen molar-refractivity contribution < 1.29 is 14.7 Å². The van der Waals surface area contributed by atoms with E-state index in [0.717, 1.165) is 26.9 Å². The van der Waals surface area contributed by atoms with Crippen molar-refractivity contribution in [3.8, 4) is 5.75 Å². The second kappa shape index (κ2) is 7.81. The number of rotatable bonds is 5. The molecule has 24 heavy (non-hydrogen) atoms. The van der Waals surface area contributed by atoms with Crippen molar-refractivity contribution >= 4 is 27.5 Å². The molecule has 0 heterocycles. The third-order valence-electron chi connectivity index (χ3n) is 4.02. The highest BCUT2D eigenvalue weighted by Crippen LogP contribution is 2.30. The van der Waals surface area contributed by atoms with Crippen LogP contribution in [0.15, 0.2) is 34.8 Å². The highest BCUT2D eigenvalue weighted by atomic mass is 79.9. The van der Waals surface area contributed by atoms with Gasteiger partial charge in [0.25, 0.3) is 0 Å². The number of hydrogen-bond acceptors (Lipinski definition) is 3. The molecule has 0 spiro atoms. The first-order chi connectivity index (χ1) is 11.3. The van der Waals surface area contributed by atoms with Crippen molar-refractivity contribution in [3.63, 3.8) is 0 Å². The highest BCUT2D eigenvalue weighted by molar-refractivity contribution is 9.10. The van der Waals surface area contributed by atoms with Crippen LogP contribution in [0.1, 0.15) is 35.6 Å². The molecule has 0 fully saturated rings. The molecule has 1 N–H and O–H groups in total. The lowest BCUT2D eigenvalue weighted by molar-refractivity contribution is -0.123. The van der Waals surface area contributed by atoms with E-state index in [4.69, 9.17) is 4.74 Å². The van der Waals surface area contributed by atoms with Crippen LogP contribution in [0.2, 0.25) is 0 Å². The van der Waals surface area contributed by atoms with E-state index in [1.165, 1.54) is 5.56 Å². The van der Waals surface area contributed by atoms with Gasteiger partial charge in [-0.05, 0) is 55.7 Å². The summed E-state index contributed by atoms with van der Waals surface area (Å²) in [5.41, 5.74) is 4.58. The molecular formula is C19H22BrNO3. The predicted octanol–water partition coefficient (Wildman–Crippen LogP) is 5.09. The molecular weight excluding hydrogens is 370 g/mol. The topological polar surface area (TPSA) is 49.8 Å². The number of benzene rings is 2. The van der Waals surface area contributed by atoms with Crippen LogP contribution in [0.25, 0.3) is 0 Å². The van der Waals surface area contributed by atoms with E-state index in [9.17, 15) is 10.0 Å². The minimum atomic E-state index is -0.364. The number of carbonyl (C=O) groups is 1. The third-order valence-corrected chi connectivity index (χ3v) is 4.77. The maximum atomic E-state index is 11.8. The molecule has 2 aromatic carbocycles.